The van der Waals surface area contributed by atoms with E-state index in [-0.39, 0.29) is 10.4 Å². The number of carbonyl (C=O) groups excluding carboxylic acids is 2. The average Bonchev–Trinajstić information content (AvgIpc) is 2.50. The van der Waals surface area contributed by atoms with Crippen LogP contribution in [0.2, 0.25) is 0 Å². The van der Waals surface area contributed by atoms with Gasteiger partial charge in [-0.15, -0.1) is 11.3 Å². The molecule has 0 unspecified atom stereocenters. The highest BCUT2D eigenvalue weighted by molar-refractivity contribution is 7.12. The molecule has 4 nitrogen and oxygen atoms in total. The second-order valence-corrected chi connectivity index (χ2v) is 2.94. The van der Waals surface area contributed by atoms with Crippen LogP contribution in [0.25, 0.3) is 0 Å². The van der Waals surface area contributed by atoms with Gasteiger partial charge < -0.3 is 10.5 Å². The molecule has 1 heterocycles. The van der Waals surface area contributed by atoms with Crippen molar-refractivity contribution in [3.8, 4) is 0 Å². The molecule has 0 saturated heterocycles. The number of hydrogen-bond donors (Lipinski definition) is 1. The van der Waals surface area contributed by atoms with Crippen molar-refractivity contribution in [2.24, 2.45) is 5.73 Å². The fourth-order valence-electron chi connectivity index (χ4n) is 0.754. The van der Waals surface area contributed by atoms with E-state index in [1.165, 1.54) is 13.2 Å². The van der Waals surface area contributed by atoms with E-state index in [1.54, 1.807) is 5.38 Å². The Hall–Kier alpha value is -1.36. The van der Waals surface area contributed by atoms with Gasteiger partial charge in [-0.25, -0.2) is 4.79 Å². The van der Waals surface area contributed by atoms with Crippen molar-refractivity contribution in [2.75, 3.05) is 7.11 Å². The number of hydrogen-bond acceptors (Lipinski definition) is 4. The lowest BCUT2D eigenvalue weighted by molar-refractivity contribution is 0.0603. The molecule has 12 heavy (non-hydrogen) atoms. The molecule has 0 aromatic carbocycles. The summed E-state index contributed by atoms with van der Waals surface area (Å²) in [5.74, 6) is -1.14. The highest BCUT2D eigenvalue weighted by Gasteiger charge is 2.16. The van der Waals surface area contributed by atoms with Crippen molar-refractivity contribution in [3.63, 3.8) is 0 Å². The summed E-state index contributed by atoms with van der Waals surface area (Å²) >= 11 is 1.14. The third-order valence-corrected chi connectivity index (χ3v) is 2.20. The van der Waals surface area contributed by atoms with E-state index in [0.717, 1.165) is 11.3 Å². The standard InChI is InChI=1S/C7H7NO3S/c1-11-7(10)5-4(6(8)9)2-3-12-5/h2-3H,1H3,(H2,8,9). The highest BCUT2D eigenvalue weighted by Crippen LogP contribution is 2.16. The smallest absolute Gasteiger partial charge is 0.348 e. The second kappa shape index (κ2) is 3.36. The van der Waals surface area contributed by atoms with Crippen LogP contribution in [0.3, 0.4) is 0 Å². The number of nitrogens with two attached hydrogens (primary N) is 1. The number of primary amides is 1. The molecule has 1 aromatic rings. The van der Waals surface area contributed by atoms with E-state index in [1.807, 2.05) is 0 Å². The zero-order valence-electron chi connectivity index (χ0n) is 6.37. The molecule has 0 radical (unpaired) electrons. The maximum absolute atomic E-state index is 11.0. The molecule has 0 aliphatic carbocycles. The lowest BCUT2D eigenvalue weighted by Crippen LogP contribution is -2.14. The molecule has 0 aliphatic heterocycles. The normalized spacial score (nSPS) is 9.42. The van der Waals surface area contributed by atoms with E-state index in [2.05, 4.69) is 4.74 Å². The van der Waals surface area contributed by atoms with Gasteiger partial charge in [0.15, 0.2) is 0 Å². The lowest BCUT2D eigenvalue weighted by Gasteiger charge is -1.96. The monoisotopic (exact) mass is 185 g/mol. The Morgan fingerprint density at radius 2 is 2.25 bits per heavy atom. The Morgan fingerprint density at radius 1 is 1.58 bits per heavy atom. The van der Waals surface area contributed by atoms with Crippen molar-refractivity contribution in [1.29, 1.82) is 0 Å². The summed E-state index contributed by atoms with van der Waals surface area (Å²) in [6.07, 6.45) is 0. The molecule has 0 atom stereocenters. The fraction of sp³-hybridized carbons (Fsp3) is 0.143. The first kappa shape index (κ1) is 8.73. The highest BCUT2D eigenvalue weighted by atomic mass is 32.1. The summed E-state index contributed by atoms with van der Waals surface area (Å²) in [6, 6.07) is 1.50. The quantitative estimate of drug-likeness (QED) is 0.687. The van der Waals surface area contributed by atoms with E-state index >= 15 is 0 Å². The molecule has 1 amide bonds. The topological polar surface area (TPSA) is 69.4 Å². The maximum Gasteiger partial charge on any atom is 0.348 e. The van der Waals surface area contributed by atoms with Gasteiger partial charge in [0.25, 0.3) is 0 Å². The van der Waals surface area contributed by atoms with E-state index in [4.69, 9.17) is 5.73 Å². The van der Waals surface area contributed by atoms with Crippen molar-refractivity contribution < 1.29 is 14.3 Å². The van der Waals surface area contributed by atoms with Crippen LogP contribution in [-0.2, 0) is 4.74 Å². The Labute approximate surface area is 72.9 Å². The van der Waals surface area contributed by atoms with Crippen LogP contribution in [-0.4, -0.2) is 19.0 Å². The van der Waals surface area contributed by atoms with Gasteiger partial charge in [-0.3, -0.25) is 4.79 Å². The Balaban J connectivity index is 3.07. The third kappa shape index (κ3) is 1.45. The van der Waals surface area contributed by atoms with Crippen molar-refractivity contribution in [2.45, 2.75) is 0 Å². The van der Waals surface area contributed by atoms with Gasteiger partial charge in [0, 0.05) is 0 Å². The van der Waals surface area contributed by atoms with E-state index in [0.29, 0.717) is 0 Å². The largest absolute Gasteiger partial charge is 0.465 e. The molecule has 0 saturated carbocycles. The van der Waals surface area contributed by atoms with Crippen molar-refractivity contribution in [3.05, 3.63) is 21.9 Å². The first-order chi connectivity index (χ1) is 5.66. The predicted molar refractivity (Wildman–Crippen MR) is 44.2 cm³/mol. The van der Waals surface area contributed by atoms with Crippen molar-refractivity contribution >= 4 is 23.2 Å². The number of esters is 1. The number of ether oxygens (including phenoxy) is 1. The van der Waals surface area contributed by atoms with Gasteiger partial charge in [0.05, 0.1) is 12.7 Å². The molecule has 0 bridgehead atoms. The number of rotatable bonds is 2. The summed E-state index contributed by atoms with van der Waals surface area (Å²) in [6.45, 7) is 0. The Morgan fingerprint density at radius 3 is 2.75 bits per heavy atom. The Kier molecular flexibility index (Phi) is 2.44. The van der Waals surface area contributed by atoms with E-state index in [9.17, 15) is 9.59 Å². The van der Waals surface area contributed by atoms with E-state index < -0.39 is 11.9 Å². The molecule has 1 aromatic heterocycles. The minimum absolute atomic E-state index is 0.215. The molecule has 0 fully saturated rings. The van der Waals surface area contributed by atoms with Gasteiger partial charge >= 0.3 is 5.97 Å². The summed E-state index contributed by atoms with van der Waals surface area (Å²) < 4.78 is 4.45. The van der Waals surface area contributed by atoms with Crippen LogP contribution in [0.4, 0.5) is 0 Å². The minimum atomic E-state index is -0.614. The van der Waals surface area contributed by atoms with Gasteiger partial charge in [-0.2, -0.15) is 0 Å². The summed E-state index contributed by atoms with van der Waals surface area (Å²) in [4.78, 5) is 22.0. The minimum Gasteiger partial charge on any atom is -0.465 e. The zero-order chi connectivity index (χ0) is 9.14. The zero-order valence-corrected chi connectivity index (χ0v) is 7.18. The van der Waals surface area contributed by atoms with Crippen LogP contribution < -0.4 is 5.73 Å². The number of amides is 1. The number of thiophene rings is 1. The van der Waals surface area contributed by atoms with Gasteiger partial charge in [0.1, 0.15) is 4.88 Å². The third-order valence-electron chi connectivity index (χ3n) is 1.30. The SMILES string of the molecule is COC(=O)c1sccc1C(N)=O. The molecule has 1 rings (SSSR count). The van der Waals surface area contributed by atoms with Crippen LogP contribution >= 0.6 is 11.3 Å². The summed E-state index contributed by atoms with van der Waals surface area (Å²) in [5, 5.41) is 1.62. The van der Waals surface area contributed by atoms with Crippen LogP contribution in [0.1, 0.15) is 20.0 Å². The predicted octanol–water partition coefficient (Wildman–Crippen LogP) is 0.634. The molecule has 5 heteroatoms. The van der Waals surface area contributed by atoms with Crippen LogP contribution in [0.15, 0.2) is 11.4 Å². The van der Waals surface area contributed by atoms with Crippen LogP contribution in [0.5, 0.6) is 0 Å². The Bertz CT molecular complexity index is 318. The molecule has 0 spiro atoms. The summed E-state index contributed by atoms with van der Waals surface area (Å²) in [7, 11) is 1.26. The average molecular weight is 185 g/mol. The lowest BCUT2D eigenvalue weighted by atomic mass is 10.2. The second-order valence-electron chi connectivity index (χ2n) is 2.02. The first-order valence-corrected chi connectivity index (χ1v) is 4.00. The fourth-order valence-corrected chi connectivity index (χ4v) is 1.57. The summed E-state index contributed by atoms with van der Waals surface area (Å²) in [5.41, 5.74) is 5.23. The van der Waals surface area contributed by atoms with Crippen LogP contribution in [0, 0.1) is 0 Å². The first-order valence-electron chi connectivity index (χ1n) is 3.12. The number of methoxy groups -OCH3 is 1. The molecular formula is C7H7NO3S. The van der Waals surface area contributed by atoms with Gasteiger partial charge in [0.2, 0.25) is 5.91 Å². The number of carbonyl (C=O) groups is 2. The molecule has 2 N–H and O–H groups in total. The maximum atomic E-state index is 11.0. The molecule has 0 aliphatic rings. The van der Waals surface area contributed by atoms with Gasteiger partial charge in [-0.1, -0.05) is 0 Å². The molecular weight excluding hydrogens is 178 g/mol. The molecule has 64 valence electrons. The van der Waals surface area contributed by atoms with Crippen molar-refractivity contribution in [1.82, 2.24) is 0 Å². The van der Waals surface area contributed by atoms with Gasteiger partial charge in [-0.05, 0) is 11.4 Å².